The van der Waals surface area contributed by atoms with E-state index in [1.165, 1.54) is 25.7 Å². The predicted octanol–water partition coefficient (Wildman–Crippen LogP) is 3.15. The number of aromatic nitrogens is 2. The molecule has 0 amide bonds. The molecule has 4 heteroatoms. The number of nitrogens with zero attached hydrogens (tertiary/aromatic N) is 2. The summed E-state index contributed by atoms with van der Waals surface area (Å²) in [6.07, 6.45) is 9.86. The maximum absolute atomic E-state index is 11.9. The number of rotatable bonds is 6. The van der Waals surface area contributed by atoms with Crippen LogP contribution >= 0.6 is 11.8 Å². The zero-order chi connectivity index (χ0) is 12.1. The van der Waals surface area contributed by atoms with Gasteiger partial charge in [-0.15, -0.1) is 0 Å². The van der Waals surface area contributed by atoms with E-state index in [0.29, 0.717) is 11.0 Å². The molecule has 1 aromatic rings. The first kappa shape index (κ1) is 12.7. The smallest absolute Gasteiger partial charge is 0.175 e. The van der Waals surface area contributed by atoms with Gasteiger partial charge < -0.3 is 0 Å². The van der Waals surface area contributed by atoms with Gasteiger partial charge in [0, 0.05) is 18.0 Å². The highest BCUT2D eigenvalue weighted by Gasteiger charge is 2.17. The molecular weight excluding hydrogens is 232 g/mol. The maximum Gasteiger partial charge on any atom is 0.175 e. The molecule has 0 spiro atoms. The molecule has 0 aliphatic heterocycles. The highest BCUT2D eigenvalue weighted by molar-refractivity contribution is 8.00. The van der Waals surface area contributed by atoms with Crippen molar-refractivity contribution in [1.29, 1.82) is 0 Å². The Balaban J connectivity index is 1.81. The molecule has 1 heterocycles. The molecule has 0 unspecified atom stereocenters. The Kier molecular flexibility index (Phi) is 4.66. The van der Waals surface area contributed by atoms with Gasteiger partial charge in [-0.05, 0) is 19.3 Å². The molecule has 0 bridgehead atoms. The molecule has 1 aliphatic rings. The lowest BCUT2D eigenvalue weighted by atomic mass is 10.3. The number of aryl methyl sites for hydroxylation is 1. The van der Waals surface area contributed by atoms with Crippen LogP contribution in [0.5, 0.6) is 0 Å². The fourth-order valence-corrected chi connectivity index (χ4v) is 3.41. The second-order valence-electron chi connectivity index (χ2n) is 4.63. The van der Waals surface area contributed by atoms with Gasteiger partial charge in [0.2, 0.25) is 0 Å². The molecule has 94 valence electrons. The molecular formula is C13H20N2OS. The molecule has 0 saturated heterocycles. The lowest BCUT2D eigenvalue weighted by Crippen LogP contribution is -2.05. The first-order valence-electron chi connectivity index (χ1n) is 6.47. The van der Waals surface area contributed by atoms with Gasteiger partial charge in [-0.2, -0.15) is 16.9 Å². The Bertz CT molecular complexity index is 369. The number of Topliss-reactive ketones (excluding diaryl/α,β-unsaturated/α-hetero) is 1. The number of carbonyl (C=O) groups excluding carboxylic acids is 1. The minimum Gasteiger partial charge on any atom is -0.293 e. The quantitative estimate of drug-likeness (QED) is 0.729. The van der Waals surface area contributed by atoms with E-state index in [-0.39, 0.29) is 5.78 Å². The number of ketones is 1. The van der Waals surface area contributed by atoms with E-state index >= 15 is 0 Å². The largest absolute Gasteiger partial charge is 0.293 e. The van der Waals surface area contributed by atoms with Crippen LogP contribution in [0.1, 0.15) is 49.4 Å². The molecule has 17 heavy (non-hydrogen) atoms. The number of hydrogen-bond donors (Lipinski definition) is 0. The third-order valence-electron chi connectivity index (χ3n) is 3.16. The van der Waals surface area contributed by atoms with Crippen LogP contribution in [0.15, 0.2) is 12.4 Å². The topological polar surface area (TPSA) is 34.9 Å². The maximum atomic E-state index is 11.9. The third kappa shape index (κ3) is 3.60. The second kappa shape index (κ2) is 6.24. The van der Waals surface area contributed by atoms with Gasteiger partial charge in [0.15, 0.2) is 5.78 Å². The minimum absolute atomic E-state index is 0.226. The SMILES string of the molecule is CCCn1cc(C(=O)CSC2CCCC2)cn1. The van der Waals surface area contributed by atoms with E-state index in [4.69, 9.17) is 0 Å². The van der Waals surface area contributed by atoms with Crippen molar-refractivity contribution in [2.75, 3.05) is 5.75 Å². The van der Waals surface area contributed by atoms with Gasteiger partial charge in [0.1, 0.15) is 0 Å². The summed E-state index contributed by atoms with van der Waals surface area (Å²) in [5.41, 5.74) is 0.768. The fraction of sp³-hybridized carbons (Fsp3) is 0.692. The summed E-state index contributed by atoms with van der Waals surface area (Å²) >= 11 is 1.82. The molecule has 1 fully saturated rings. The highest BCUT2D eigenvalue weighted by atomic mass is 32.2. The van der Waals surface area contributed by atoms with Gasteiger partial charge >= 0.3 is 0 Å². The zero-order valence-electron chi connectivity index (χ0n) is 10.4. The summed E-state index contributed by atoms with van der Waals surface area (Å²) in [6.45, 7) is 3.00. The van der Waals surface area contributed by atoms with E-state index in [9.17, 15) is 4.79 Å². The van der Waals surface area contributed by atoms with Crippen molar-refractivity contribution in [3.05, 3.63) is 18.0 Å². The van der Waals surface area contributed by atoms with Crippen molar-refractivity contribution in [3.63, 3.8) is 0 Å². The average Bonchev–Trinajstić information content (AvgIpc) is 2.97. The molecule has 0 atom stereocenters. The predicted molar refractivity (Wildman–Crippen MR) is 71.6 cm³/mol. The van der Waals surface area contributed by atoms with Gasteiger partial charge in [-0.25, -0.2) is 0 Å². The highest BCUT2D eigenvalue weighted by Crippen LogP contribution is 2.29. The first-order chi connectivity index (χ1) is 8.29. The Morgan fingerprint density at radius 1 is 1.53 bits per heavy atom. The Hall–Kier alpha value is -0.770. The number of carbonyl (C=O) groups is 1. The Morgan fingerprint density at radius 3 is 3.00 bits per heavy atom. The lowest BCUT2D eigenvalue weighted by Gasteiger charge is -2.06. The van der Waals surface area contributed by atoms with E-state index in [1.807, 2.05) is 22.6 Å². The molecule has 1 saturated carbocycles. The minimum atomic E-state index is 0.226. The van der Waals surface area contributed by atoms with Crippen LogP contribution in [-0.2, 0) is 6.54 Å². The standard InChI is InChI=1S/C13H20N2OS/c1-2-7-15-9-11(8-14-15)13(16)10-17-12-5-3-4-6-12/h8-9,12H,2-7,10H2,1H3. The molecule has 3 nitrogen and oxygen atoms in total. The summed E-state index contributed by atoms with van der Waals surface area (Å²) in [6, 6.07) is 0. The molecule has 0 aromatic carbocycles. The third-order valence-corrected chi connectivity index (χ3v) is 4.53. The summed E-state index contributed by atoms with van der Waals surface area (Å²) in [4.78, 5) is 11.9. The number of thioether (sulfide) groups is 1. The van der Waals surface area contributed by atoms with E-state index < -0.39 is 0 Å². The fourth-order valence-electron chi connectivity index (χ4n) is 2.19. The normalized spacial score (nSPS) is 16.5. The van der Waals surface area contributed by atoms with E-state index in [1.54, 1.807) is 6.20 Å². The van der Waals surface area contributed by atoms with Crippen molar-refractivity contribution >= 4 is 17.5 Å². The van der Waals surface area contributed by atoms with Gasteiger partial charge in [0.25, 0.3) is 0 Å². The van der Waals surface area contributed by atoms with Crippen LogP contribution in [-0.4, -0.2) is 26.6 Å². The summed E-state index contributed by atoms with van der Waals surface area (Å²) < 4.78 is 1.85. The number of hydrogen-bond acceptors (Lipinski definition) is 3. The average molecular weight is 252 g/mol. The second-order valence-corrected chi connectivity index (χ2v) is 5.92. The monoisotopic (exact) mass is 252 g/mol. The molecule has 0 radical (unpaired) electrons. The van der Waals surface area contributed by atoms with Gasteiger partial charge in [0.05, 0.1) is 17.5 Å². The van der Waals surface area contributed by atoms with Crippen LogP contribution in [0.4, 0.5) is 0 Å². The summed E-state index contributed by atoms with van der Waals surface area (Å²) in [5.74, 6) is 0.840. The van der Waals surface area contributed by atoms with Crippen LogP contribution < -0.4 is 0 Å². The van der Waals surface area contributed by atoms with Crippen molar-refractivity contribution in [2.45, 2.75) is 50.8 Å². The van der Waals surface area contributed by atoms with Crippen molar-refractivity contribution in [3.8, 4) is 0 Å². The zero-order valence-corrected chi connectivity index (χ0v) is 11.2. The van der Waals surface area contributed by atoms with Crippen LogP contribution in [0.3, 0.4) is 0 Å². The van der Waals surface area contributed by atoms with E-state index in [0.717, 1.165) is 18.5 Å². The first-order valence-corrected chi connectivity index (χ1v) is 7.51. The van der Waals surface area contributed by atoms with Crippen LogP contribution in [0.2, 0.25) is 0 Å². The lowest BCUT2D eigenvalue weighted by molar-refractivity contribution is 0.102. The molecule has 2 rings (SSSR count). The van der Waals surface area contributed by atoms with E-state index in [2.05, 4.69) is 12.0 Å². The Labute approximate surface area is 107 Å². The van der Waals surface area contributed by atoms with Crippen molar-refractivity contribution in [2.24, 2.45) is 0 Å². The van der Waals surface area contributed by atoms with Crippen LogP contribution in [0, 0.1) is 0 Å². The Morgan fingerprint density at radius 2 is 2.29 bits per heavy atom. The molecule has 1 aliphatic carbocycles. The summed E-state index contributed by atoms with van der Waals surface area (Å²) in [7, 11) is 0. The van der Waals surface area contributed by atoms with Crippen molar-refractivity contribution < 1.29 is 4.79 Å². The van der Waals surface area contributed by atoms with Crippen molar-refractivity contribution in [1.82, 2.24) is 9.78 Å². The van der Waals surface area contributed by atoms with Gasteiger partial charge in [-0.1, -0.05) is 19.8 Å². The van der Waals surface area contributed by atoms with Crippen LogP contribution in [0.25, 0.3) is 0 Å². The molecule has 1 aromatic heterocycles. The van der Waals surface area contributed by atoms with Gasteiger partial charge in [-0.3, -0.25) is 9.48 Å². The summed E-state index contributed by atoms with van der Waals surface area (Å²) in [5, 5.41) is 4.91. The molecule has 0 N–H and O–H groups in total.